The third kappa shape index (κ3) is 4.71. The summed E-state index contributed by atoms with van der Waals surface area (Å²) in [4.78, 5) is 34.1. The van der Waals surface area contributed by atoms with Crippen LogP contribution >= 0.6 is 23.4 Å². The summed E-state index contributed by atoms with van der Waals surface area (Å²) < 4.78 is 4.64. The van der Waals surface area contributed by atoms with Crippen LogP contribution in [0.4, 0.5) is 5.69 Å². The lowest BCUT2D eigenvalue weighted by molar-refractivity contribution is -0.387. The van der Waals surface area contributed by atoms with Crippen molar-refractivity contribution in [3.63, 3.8) is 0 Å². The molecule has 7 nitrogen and oxygen atoms in total. The lowest BCUT2D eigenvalue weighted by atomic mass is 10.2. The predicted molar refractivity (Wildman–Crippen MR) is 88.1 cm³/mol. The van der Waals surface area contributed by atoms with E-state index in [0.717, 1.165) is 22.7 Å². The summed E-state index contributed by atoms with van der Waals surface area (Å²) in [5.74, 6) is -1.67. The smallest absolute Gasteiger partial charge is 0.338 e. The number of nitro groups is 1. The van der Waals surface area contributed by atoms with Crippen LogP contribution in [0.2, 0.25) is 5.02 Å². The molecule has 0 atom stereocenters. The highest BCUT2D eigenvalue weighted by Crippen LogP contribution is 2.35. The Morgan fingerprint density at radius 3 is 2.46 bits per heavy atom. The molecule has 2 aromatic rings. The van der Waals surface area contributed by atoms with Gasteiger partial charge in [0, 0.05) is 16.0 Å². The number of esters is 1. The molecule has 0 aromatic heterocycles. The van der Waals surface area contributed by atoms with Crippen molar-refractivity contribution in [3.8, 4) is 0 Å². The van der Waals surface area contributed by atoms with Gasteiger partial charge in [-0.3, -0.25) is 14.9 Å². The number of nitrogens with two attached hydrogens (primary N) is 1. The fourth-order valence-electron chi connectivity index (χ4n) is 1.72. The van der Waals surface area contributed by atoms with Crippen LogP contribution in [0.15, 0.2) is 52.3 Å². The number of carbonyl (C=O) groups excluding carboxylic acids is 2. The van der Waals surface area contributed by atoms with Gasteiger partial charge >= 0.3 is 5.97 Å². The zero-order chi connectivity index (χ0) is 17.7. The van der Waals surface area contributed by atoms with Gasteiger partial charge in [-0.2, -0.15) is 0 Å². The molecule has 0 fully saturated rings. The first kappa shape index (κ1) is 17.8. The third-order valence-electron chi connectivity index (χ3n) is 2.78. The lowest BCUT2D eigenvalue weighted by Crippen LogP contribution is -2.20. The summed E-state index contributed by atoms with van der Waals surface area (Å²) in [7, 11) is 0. The molecule has 0 spiro atoms. The fourth-order valence-corrected chi connectivity index (χ4v) is 2.75. The van der Waals surface area contributed by atoms with Crippen molar-refractivity contribution in [3.05, 3.63) is 63.2 Å². The predicted octanol–water partition coefficient (Wildman–Crippen LogP) is 3.04. The Morgan fingerprint density at radius 2 is 1.88 bits per heavy atom. The van der Waals surface area contributed by atoms with Crippen molar-refractivity contribution in [1.29, 1.82) is 0 Å². The summed E-state index contributed by atoms with van der Waals surface area (Å²) in [6.45, 7) is -0.589. The molecule has 24 heavy (non-hydrogen) atoms. The van der Waals surface area contributed by atoms with E-state index >= 15 is 0 Å². The van der Waals surface area contributed by atoms with Crippen LogP contribution in [0.5, 0.6) is 0 Å². The lowest BCUT2D eigenvalue weighted by Gasteiger charge is -2.06. The number of nitrogens with zero attached hydrogens (tertiary/aromatic N) is 1. The highest BCUT2D eigenvalue weighted by Gasteiger charge is 2.19. The SMILES string of the molecule is NC(=O)COC(=O)c1ccc(Sc2ccc(Cl)cc2)c([N+](=O)[O-])c1. The molecule has 0 aliphatic rings. The topological polar surface area (TPSA) is 113 Å². The van der Waals surface area contributed by atoms with Gasteiger partial charge in [0.1, 0.15) is 0 Å². The van der Waals surface area contributed by atoms with Gasteiger partial charge in [0.25, 0.3) is 11.6 Å². The van der Waals surface area contributed by atoms with Crippen molar-refractivity contribution >= 4 is 40.9 Å². The van der Waals surface area contributed by atoms with E-state index in [4.69, 9.17) is 17.3 Å². The molecule has 0 radical (unpaired) electrons. The van der Waals surface area contributed by atoms with Crippen LogP contribution in [-0.2, 0) is 9.53 Å². The van der Waals surface area contributed by atoms with Crippen LogP contribution in [0.3, 0.4) is 0 Å². The Kier molecular flexibility index (Phi) is 5.78. The van der Waals surface area contributed by atoms with E-state index in [1.807, 2.05) is 0 Å². The quantitative estimate of drug-likeness (QED) is 0.477. The van der Waals surface area contributed by atoms with Gasteiger partial charge in [-0.15, -0.1) is 0 Å². The van der Waals surface area contributed by atoms with Gasteiger partial charge < -0.3 is 10.5 Å². The molecule has 0 bridgehead atoms. The standard InChI is InChI=1S/C15H11ClN2O5S/c16-10-2-4-11(5-3-10)24-13-6-1-9(7-12(13)18(21)22)15(20)23-8-14(17)19/h1-7H,8H2,(H2,17,19). The number of carbonyl (C=O) groups is 2. The zero-order valence-corrected chi connectivity index (χ0v) is 13.7. The Hall–Kier alpha value is -2.58. The van der Waals surface area contributed by atoms with E-state index in [0.29, 0.717) is 9.92 Å². The number of amides is 1. The van der Waals surface area contributed by atoms with Crippen molar-refractivity contribution in [2.75, 3.05) is 6.61 Å². The molecule has 0 unspecified atom stereocenters. The molecular weight excluding hydrogens is 356 g/mol. The molecule has 1 amide bonds. The van der Waals surface area contributed by atoms with Gasteiger partial charge in [0.05, 0.1) is 15.4 Å². The Bertz CT molecular complexity index is 795. The maximum Gasteiger partial charge on any atom is 0.338 e. The second-order valence-electron chi connectivity index (χ2n) is 4.54. The number of rotatable bonds is 6. The van der Waals surface area contributed by atoms with E-state index in [9.17, 15) is 19.7 Å². The number of benzene rings is 2. The molecule has 0 aliphatic heterocycles. The number of hydrogen-bond donors (Lipinski definition) is 1. The van der Waals surface area contributed by atoms with Gasteiger partial charge in [-0.1, -0.05) is 23.4 Å². The average Bonchev–Trinajstić information content (AvgIpc) is 2.54. The van der Waals surface area contributed by atoms with E-state index in [1.165, 1.54) is 12.1 Å². The summed E-state index contributed by atoms with van der Waals surface area (Å²) >= 11 is 6.97. The molecule has 2 aromatic carbocycles. The number of hydrogen-bond acceptors (Lipinski definition) is 6. The maximum absolute atomic E-state index is 11.8. The van der Waals surface area contributed by atoms with Gasteiger partial charge in [-0.05, 0) is 36.4 Å². The van der Waals surface area contributed by atoms with Gasteiger partial charge in [-0.25, -0.2) is 4.79 Å². The zero-order valence-electron chi connectivity index (χ0n) is 12.1. The summed E-state index contributed by atoms with van der Waals surface area (Å²) in [5, 5.41) is 11.8. The first-order valence-corrected chi connectivity index (χ1v) is 7.73. The molecule has 124 valence electrons. The maximum atomic E-state index is 11.8. The van der Waals surface area contributed by atoms with Crippen molar-refractivity contribution in [1.82, 2.24) is 0 Å². The first-order chi connectivity index (χ1) is 11.4. The van der Waals surface area contributed by atoms with Gasteiger partial charge in [0.2, 0.25) is 0 Å². The normalized spacial score (nSPS) is 10.2. The van der Waals surface area contributed by atoms with E-state index in [2.05, 4.69) is 4.74 Å². The van der Waals surface area contributed by atoms with Crippen molar-refractivity contribution in [2.24, 2.45) is 5.73 Å². The molecule has 0 aliphatic carbocycles. The van der Waals surface area contributed by atoms with Crippen LogP contribution in [-0.4, -0.2) is 23.4 Å². The molecule has 0 heterocycles. The fraction of sp³-hybridized carbons (Fsp3) is 0.0667. The van der Waals surface area contributed by atoms with Crippen LogP contribution in [0.25, 0.3) is 0 Å². The molecule has 0 saturated heterocycles. The molecule has 9 heteroatoms. The summed E-state index contributed by atoms with van der Waals surface area (Å²) in [6, 6.07) is 10.7. The minimum Gasteiger partial charge on any atom is -0.452 e. The highest BCUT2D eigenvalue weighted by atomic mass is 35.5. The summed E-state index contributed by atoms with van der Waals surface area (Å²) in [6.07, 6.45) is 0. The Balaban J connectivity index is 2.26. The Morgan fingerprint density at radius 1 is 1.21 bits per heavy atom. The minimum absolute atomic E-state index is 0.0385. The number of ether oxygens (including phenoxy) is 1. The average molecular weight is 367 g/mol. The second-order valence-corrected chi connectivity index (χ2v) is 6.09. The van der Waals surface area contributed by atoms with Gasteiger partial charge in [0.15, 0.2) is 6.61 Å². The molecule has 0 saturated carbocycles. The van der Waals surface area contributed by atoms with E-state index in [-0.39, 0.29) is 11.3 Å². The first-order valence-electron chi connectivity index (χ1n) is 6.54. The third-order valence-corrected chi connectivity index (χ3v) is 4.10. The number of primary amides is 1. The van der Waals surface area contributed by atoms with Crippen LogP contribution in [0, 0.1) is 10.1 Å². The van der Waals surface area contributed by atoms with Crippen LogP contribution < -0.4 is 5.73 Å². The van der Waals surface area contributed by atoms with Crippen molar-refractivity contribution < 1.29 is 19.2 Å². The molecule has 2 N–H and O–H groups in total. The van der Waals surface area contributed by atoms with Crippen LogP contribution in [0.1, 0.15) is 10.4 Å². The second kappa shape index (κ2) is 7.80. The molecular formula is C15H11ClN2O5S. The number of nitro benzene ring substituents is 1. The number of halogens is 1. The molecule has 2 rings (SSSR count). The highest BCUT2D eigenvalue weighted by molar-refractivity contribution is 7.99. The van der Waals surface area contributed by atoms with E-state index in [1.54, 1.807) is 24.3 Å². The summed E-state index contributed by atoms with van der Waals surface area (Å²) in [5.41, 5.74) is 4.60. The monoisotopic (exact) mass is 366 g/mol. The largest absolute Gasteiger partial charge is 0.452 e. The Labute approximate surface area is 145 Å². The van der Waals surface area contributed by atoms with E-state index < -0.39 is 23.4 Å². The minimum atomic E-state index is -0.861. The van der Waals surface area contributed by atoms with Crippen molar-refractivity contribution in [2.45, 2.75) is 9.79 Å².